The highest BCUT2D eigenvalue weighted by atomic mass is 16.6. The lowest BCUT2D eigenvalue weighted by atomic mass is 9.78. The molecule has 0 saturated heterocycles. The van der Waals surface area contributed by atoms with Crippen molar-refractivity contribution < 1.29 is 19.4 Å². The summed E-state index contributed by atoms with van der Waals surface area (Å²) in [6, 6.07) is -1.02. The van der Waals surface area contributed by atoms with E-state index in [0.717, 1.165) is 25.7 Å². The van der Waals surface area contributed by atoms with Crippen molar-refractivity contribution in [2.45, 2.75) is 84.9 Å². The molecule has 1 fully saturated rings. The minimum Gasteiger partial charge on any atom is -0.480 e. The number of carbonyl (C=O) groups excluding carboxylic acids is 1. The van der Waals surface area contributed by atoms with Crippen molar-refractivity contribution in [2.24, 2.45) is 11.8 Å². The van der Waals surface area contributed by atoms with Gasteiger partial charge in [0.05, 0.1) is 0 Å². The first-order valence-electron chi connectivity index (χ1n) is 8.27. The Kier molecular flexibility index (Phi) is 6.27. The molecular weight excluding hydrogens is 282 g/mol. The topological polar surface area (TPSA) is 66.8 Å². The molecule has 1 aliphatic carbocycles. The van der Waals surface area contributed by atoms with Crippen molar-refractivity contribution in [2.75, 3.05) is 0 Å². The van der Waals surface area contributed by atoms with Gasteiger partial charge in [-0.2, -0.15) is 0 Å². The van der Waals surface area contributed by atoms with Crippen LogP contribution in [0, 0.1) is 11.8 Å². The van der Waals surface area contributed by atoms with Gasteiger partial charge in [-0.3, -0.25) is 4.90 Å². The molecule has 22 heavy (non-hydrogen) atoms. The Labute approximate surface area is 134 Å². The first kappa shape index (κ1) is 18.8. The van der Waals surface area contributed by atoms with Crippen LogP contribution in [0.5, 0.6) is 0 Å². The zero-order valence-corrected chi connectivity index (χ0v) is 14.8. The largest absolute Gasteiger partial charge is 0.480 e. The van der Waals surface area contributed by atoms with Crippen LogP contribution in [-0.4, -0.2) is 39.8 Å². The summed E-state index contributed by atoms with van der Waals surface area (Å²) in [7, 11) is 0. The van der Waals surface area contributed by atoms with Crippen molar-refractivity contribution in [3.05, 3.63) is 0 Å². The SMILES string of the molecule is CC1CCC(C(C(=O)O)N(C(=O)OC(C)(C)C)C(C)C)CC1. The molecule has 0 aliphatic heterocycles. The summed E-state index contributed by atoms with van der Waals surface area (Å²) < 4.78 is 5.43. The molecule has 1 unspecified atom stereocenters. The van der Waals surface area contributed by atoms with E-state index >= 15 is 0 Å². The summed E-state index contributed by atoms with van der Waals surface area (Å²) in [5, 5.41) is 9.71. The Morgan fingerprint density at radius 1 is 1.14 bits per heavy atom. The standard InChI is InChI=1S/C17H31NO4/c1-11(2)18(16(21)22-17(4,5)6)14(15(19)20)13-9-7-12(3)8-10-13/h11-14H,7-10H2,1-6H3,(H,19,20). The number of carboxylic acid groups (broad SMARTS) is 1. The Hall–Kier alpha value is -1.26. The Bertz CT molecular complexity index is 392. The molecule has 0 bridgehead atoms. The van der Waals surface area contributed by atoms with Crippen LogP contribution in [0.2, 0.25) is 0 Å². The number of hydrogen-bond donors (Lipinski definition) is 1. The van der Waals surface area contributed by atoms with E-state index in [1.165, 1.54) is 4.90 Å². The number of ether oxygens (including phenoxy) is 1. The number of hydrogen-bond acceptors (Lipinski definition) is 3. The lowest BCUT2D eigenvalue weighted by molar-refractivity contribution is -0.147. The van der Waals surface area contributed by atoms with Crippen molar-refractivity contribution in [3.8, 4) is 0 Å². The van der Waals surface area contributed by atoms with Crippen LogP contribution in [0.3, 0.4) is 0 Å². The van der Waals surface area contributed by atoms with E-state index in [1.807, 2.05) is 13.8 Å². The highest BCUT2D eigenvalue weighted by Gasteiger charge is 2.40. The summed E-state index contributed by atoms with van der Waals surface area (Å²) in [5.74, 6) is -0.289. The fourth-order valence-corrected chi connectivity index (χ4v) is 3.11. The molecule has 1 atom stereocenters. The highest BCUT2D eigenvalue weighted by Crippen LogP contribution is 2.33. The molecule has 0 spiro atoms. The van der Waals surface area contributed by atoms with E-state index in [4.69, 9.17) is 4.74 Å². The molecule has 5 heteroatoms. The summed E-state index contributed by atoms with van der Waals surface area (Å²) >= 11 is 0. The normalized spacial score (nSPS) is 24.0. The van der Waals surface area contributed by atoms with E-state index in [9.17, 15) is 14.7 Å². The fraction of sp³-hybridized carbons (Fsp3) is 0.882. The van der Waals surface area contributed by atoms with Gasteiger partial charge in [0.2, 0.25) is 0 Å². The maximum Gasteiger partial charge on any atom is 0.411 e. The van der Waals surface area contributed by atoms with Gasteiger partial charge in [-0.15, -0.1) is 0 Å². The molecule has 0 heterocycles. The molecule has 128 valence electrons. The molecule has 5 nitrogen and oxygen atoms in total. The molecule has 0 radical (unpaired) electrons. The van der Waals surface area contributed by atoms with E-state index in [1.54, 1.807) is 20.8 Å². The zero-order valence-electron chi connectivity index (χ0n) is 14.8. The molecular formula is C17H31NO4. The monoisotopic (exact) mass is 313 g/mol. The number of carboxylic acids is 1. The molecule has 1 N–H and O–H groups in total. The predicted molar refractivity (Wildman–Crippen MR) is 85.8 cm³/mol. The lowest BCUT2D eigenvalue weighted by Gasteiger charge is -2.39. The number of amides is 1. The van der Waals surface area contributed by atoms with Crippen LogP contribution in [0.4, 0.5) is 4.79 Å². The molecule has 1 aliphatic rings. The number of rotatable bonds is 4. The van der Waals surface area contributed by atoms with Crippen molar-refractivity contribution in [1.29, 1.82) is 0 Å². The maximum atomic E-state index is 12.5. The quantitative estimate of drug-likeness (QED) is 0.854. The highest BCUT2D eigenvalue weighted by molar-refractivity contribution is 5.80. The van der Waals surface area contributed by atoms with Crippen LogP contribution in [-0.2, 0) is 9.53 Å². The van der Waals surface area contributed by atoms with Gasteiger partial charge in [-0.25, -0.2) is 9.59 Å². The Morgan fingerprint density at radius 3 is 2.00 bits per heavy atom. The van der Waals surface area contributed by atoms with Gasteiger partial charge in [0.1, 0.15) is 11.6 Å². The Morgan fingerprint density at radius 2 is 1.64 bits per heavy atom. The predicted octanol–water partition coefficient (Wildman–Crippen LogP) is 3.91. The average Bonchev–Trinajstić information content (AvgIpc) is 2.33. The maximum absolute atomic E-state index is 12.5. The van der Waals surface area contributed by atoms with Gasteiger partial charge < -0.3 is 9.84 Å². The van der Waals surface area contributed by atoms with Crippen LogP contribution in [0.15, 0.2) is 0 Å². The van der Waals surface area contributed by atoms with Gasteiger partial charge in [0.15, 0.2) is 0 Å². The summed E-state index contributed by atoms with van der Waals surface area (Å²) in [6.07, 6.45) is 3.21. The smallest absolute Gasteiger partial charge is 0.411 e. The van der Waals surface area contributed by atoms with Crippen LogP contribution >= 0.6 is 0 Å². The molecule has 0 aromatic carbocycles. The van der Waals surface area contributed by atoms with Gasteiger partial charge in [0.25, 0.3) is 0 Å². The van der Waals surface area contributed by atoms with Crippen LogP contribution in [0.1, 0.15) is 67.2 Å². The molecule has 0 aromatic rings. The zero-order chi connectivity index (χ0) is 17.1. The third-order valence-electron chi connectivity index (χ3n) is 4.22. The van der Waals surface area contributed by atoms with E-state index < -0.39 is 23.7 Å². The van der Waals surface area contributed by atoms with Gasteiger partial charge in [0, 0.05) is 6.04 Å². The van der Waals surface area contributed by atoms with E-state index in [0.29, 0.717) is 5.92 Å². The van der Waals surface area contributed by atoms with Crippen molar-refractivity contribution >= 4 is 12.1 Å². The Balaban J connectivity index is 2.97. The van der Waals surface area contributed by atoms with Crippen molar-refractivity contribution in [3.63, 3.8) is 0 Å². The second kappa shape index (κ2) is 7.34. The van der Waals surface area contributed by atoms with Crippen LogP contribution in [0.25, 0.3) is 0 Å². The third kappa shape index (κ3) is 5.18. The molecule has 0 aromatic heterocycles. The first-order chi connectivity index (χ1) is 10.0. The lowest BCUT2D eigenvalue weighted by Crippen LogP contribution is -2.54. The average molecular weight is 313 g/mol. The summed E-state index contributed by atoms with van der Waals surface area (Å²) in [5.41, 5.74) is -0.631. The summed E-state index contributed by atoms with van der Waals surface area (Å²) in [4.78, 5) is 25.8. The molecule has 1 amide bonds. The van der Waals surface area contributed by atoms with Crippen molar-refractivity contribution in [1.82, 2.24) is 4.90 Å². The van der Waals surface area contributed by atoms with Gasteiger partial charge >= 0.3 is 12.1 Å². The third-order valence-corrected chi connectivity index (χ3v) is 4.22. The fourth-order valence-electron chi connectivity index (χ4n) is 3.11. The molecule has 1 saturated carbocycles. The van der Waals surface area contributed by atoms with Gasteiger partial charge in [-0.05, 0) is 59.3 Å². The van der Waals surface area contributed by atoms with Crippen LogP contribution < -0.4 is 0 Å². The van der Waals surface area contributed by atoms with Gasteiger partial charge in [-0.1, -0.05) is 19.8 Å². The summed E-state index contributed by atoms with van der Waals surface area (Å²) in [6.45, 7) is 11.3. The molecule has 1 rings (SSSR count). The first-order valence-corrected chi connectivity index (χ1v) is 8.27. The second-order valence-electron chi connectivity index (χ2n) is 7.78. The van der Waals surface area contributed by atoms with E-state index in [-0.39, 0.29) is 12.0 Å². The number of carbonyl (C=O) groups is 2. The number of aliphatic carboxylic acids is 1. The second-order valence-corrected chi connectivity index (χ2v) is 7.78. The minimum atomic E-state index is -0.931. The minimum absolute atomic E-state index is 0.00335. The van der Waals surface area contributed by atoms with E-state index in [2.05, 4.69) is 6.92 Å². The number of nitrogens with zero attached hydrogens (tertiary/aromatic N) is 1.